The predicted molar refractivity (Wildman–Crippen MR) is 61.8 cm³/mol. The molecule has 0 amide bonds. The minimum Gasteiger partial charge on any atom is -0.308 e. The first-order valence-electron chi connectivity index (χ1n) is 5.56. The molecule has 0 rings (SSSR count). The maximum absolute atomic E-state index is 12.0. The zero-order chi connectivity index (χ0) is 12.1. The number of ketones is 2. The van der Waals surface area contributed by atoms with E-state index in [-0.39, 0.29) is 23.0 Å². The van der Waals surface area contributed by atoms with Crippen molar-refractivity contribution in [1.82, 2.24) is 5.32 Å². The number of carbonyl (C=O) groups is 2. The summed E-state index contributed by atoms with van der Waals surface area (Å²) >= 11 is 0. The molecule has 0 spiro atoms. The number of hydrogen-bond donors (Lipinski definition) is 1. The lowest BCUT2D eigenvalue weighted by Gasteiger charge is -2.24. The van der Waals surface area contributed by atoms with Gasteiger partial charge in [0, 0.05) is 11.8 Å². The Morgan fingerprint density at radius 1 is 1.27 bits per heavy atom. The quantitative estimate of drug-likeness (QED) is 0.733. The minimum absolute atomic E-state index is 0.139. The Labute approximate surface area is 92.6 Å². The van der Waals surface area contributed by atoms with Crippen molar-refractivity contribution < 1.29 is 9.59 Å². The van der Waals surface area contributed by atoms with Gasteiger partial charge in [-0.2, -0.15) is 0 Å². The van der Waals surface area contributed by atoms with Crippen molar-refractivity contribution in [3.05, 3.63) is 0 Å². The van der Waals surface area contributed by atoms with E-state index in [1.54, 1.807) is 6.92 Å². The Kier molecular flexibility index (Phi) is 5.73. The lowest BCUT2D eigenvalue weighted by atomic mass is 9.84. The summed E-state index contributed by atoms with van der Waals surface area (Å²) in [5.41, 5.74) is -0.344. The zero-order valence-electron chi connectivity index (χ0n) is 10.5. The van der Waals surface area contributed by atoms with Crippen LogP contribution in [0.4, 0.5) is 0 Å². The van der Waals surface area contributed by atoms with Gasteiger partial charge in [0.1, 0.15) is 5.78 Å². The van der Waals surface area contributed by atoms with Crippen LogP contribution in [0.5, 0.6) is 0 Å². The first kappa shape index (κ1) is 14.3. The molecule has 3 nitrogen and oxygen atoms in total. The third kappa shape index (κ3) is 5.67. The Bertz CT molecular complexity index is 228. The second-order valence-corrected chi connectivity index (χ2v) is 4.97. The molecule has 0 radical (unpaired) electrons. The van der Waals surface area contributed by atoms with Crippen LogP contribution in [0, 0.1) is 5.41 Å². The molecule has 0 aliphatic heterocycles. The molecule has 0 aromatic heterocycles. The van der Waals surface area contributed by atoms with E-state index in [9.17, 15) is 9.59 Å². The average Bonchev–Trinajstić information content (AvgIpc) is 2.09. The molecule has 0 aliphatic rings. The fourth-order valence-electron chi connectivity index (χ4n) is 1.44. The molecule has 0 saturated heterocycles. The lowest BCUT2D eigenvalue weighted by molar-refractivity contribution is -0.128. The highest BCUT2D eigenvalue weighted by atomic mass is 16.1. The van der Waals surface area contributed by atoms with E-state index < -0.39 is 0 Å². The summed E-state index contributed by atoms with van der Waals surface area (Å²) in [7, 11) is 0. The molecule has 88 valence electrons. The maximum atomic E-state index is 12.0. The number of nitrogens with one attached hydrogen (secondary N) is 1. The molecule has 0 fully saturated rings. The summed E-state index contributed by atoms with van der Waals surface area (Å²) in [6, 6.07) is -0.182. The van der Waals surface area contributed by atoms with E-state index in [0.717, 1.165) is 6.54 Å². The van der Waals surface area contributed by atoms with E-state index >= 15 is 0 Å². The van der Waals surface area contributed by atoms with E-state index in [4.69, 9.17) is 0 Å². The second kappa shape index (κ2) is 6.01. The Morgan fingerprint density at radius 3 is 2.13 bits per heavy atom. The fourth-order valence-corrected chi connectivity index (χ4v) is 1.44. The van der Waals surface area contributed by atoms with Crippen molar-refractivity contribution in [3.63, 3.8) is 0 Å². The van der Waals surface area contributed by atoms with Gasteiger partial charge in [-0.3, -0.25) is 4.79 Å². The molecule has 0 bridgehead atoms. The van der Waals surface area contributed by atoms with Gasteiger partial charge in [-0.15, -0.1) is 0 Å². The van der Waals surface area contributed by atoms with Gasteiger partial charge in [0.2, 0.25) is 0 Å². The molecule has 0 aromatic rings. The van der Waals surface area contributed by atoms with Crippen molar-refractivity contribution in [2.24, 2.45) is 5.41 Å². The van der Waals surface area contributed by atoms with Crippen molar-refractivity contribution in [2.45, 2.75) is 53.5 Å². The van der Waals surface area contributed by atoms with Crippen LogP contribution < -0.4 is 5.32 Å². The topological polar surface area (TPSA) is 46.2 Å². The second-order valence-electron chi connectivity index (χ2n) is 4.97. The van der Waals surface area contributed by atoms with Gasteiger partial charge in [0.05, 0.1) is 6.04 Å². The van der Waals surface area contributed by atoms with Crippen LogP contribution in [0.2, 0.25) is 0 Å². The molecule has 0 heterocycles. The number of rotatable bonds is 6. The summed E-state index contributed by atoms with van der Waals surface area (Å²) in [6.07, 6.45) is 1.08. The van der Waals surface area contributed by atoms with Crippen LogP contribution in [0.15, 0.2) is 0 Å². The summed E-state index contributed by atoms with van der Waals surface area (Å²) in [4.78, 5) is 22.9. The molecule has 15 heavy (non-hydrogen) atoms. The molecule has 0 aromatic carbocycles. The van der Waals surface area contributed by atoms with Crippen LogP contribution >= 0.6 is 0 Å². The van der Waals surface area contributed by atoms with Gasteiger partial charge < -0.3 is 10.1 Å². The van der Waals surface area contributed by atoms with Crippen LogP contribution in [-0.2, 0) is 9.59 Å². The van der Waals surface area contributed by atoms with Crippen LogP contribution in [0.3, 0.4) is 0 Å². The molecule has 0 aliphatic carbocycles. The molecule has 3 heteroatoms. The number of Topliss-reactive ketones (excluding diaryl/α,β-unsaturated/α-hetero) is 2. The van der Waals surface area contributed by atoms with Gasteiger partial charge in [-0.05, 0) is 19.9 Å². The van der Waals surface area contributed by atoms with Crippen molar-refractivity contribution in [2.75, 3.05) is 6.54 Å². The predicted octanol–water partition coefficient (Wildman–Crippen LogP) is 1.95. The van der Waals surface area contributed by atoms with E-state index in [2.05, 4.69) is 5.32 Å². The van der Waals surface area contributed by atoms with Crippen molar-refractivity contribution in [1.29, 1.82) is 0 Å². The maximum Gasteiger partial charge on any atom is 0.155 e. The highest BCUT2D eigenvalue weighted by molar-refractivity contribution is 5.89. The average molecular weight is 213 g/mol. The monoisotopic (exact) mass is 213 g/mol. The first-order chi connectivity index (χ1) is 6.79. The minimum atomic E-state index is -0.344. The van der Waals surface area contributed by atoms with Gasteiger partial charge in [-0.1, -0.05) is 27.7 Å². The van der Waals surface area contributed by atoms with Crippen LogP contribution in [0.25, 0.3) is 0 Å². The Morgan fingerprint density at radius 2 is 1.80 bits per heavy atom. The van der Waals surface area contributed by atoms with Crippen LogP contribution in [-0.4, -0.2) is 24.2 Å². The standard InChI is InChI=1S/C12H23NO2/c1-6-13-10(8-7-9(2)14)11(15)12(3,4)5/h10,13H,6-8H2,1-5H3. The van der Waals surface area contributed by atoms with Gasteiger partial charge >= 0.3 is 0 Å². The summed E-state index contributed by atoms with van der Waals surface area (Å²) in [5, 5.41) is 3.14. The highest BCUT2D eigenvalue weighted by Crippen LogP contribution is 2.18. The third-order valence-electron chi connectivity index (χ3n) is 2.29. The van der Waals surface area contributed by atoms with Crippen molar-refractivity contribution in [3.8, 4) is 0 Å². The molecule has 1 atom stereocenters. The Balaban J connectivity index is 4.38. The smallest absolute Gasteiger partial charge is 0.155 e. The number of likely N-dealkylation sites (N-methyl/N-ethyl adjacent to an activating group) is 1. The largest absolute Gasteiger partial charge is 0.308 e. The van der Waals surface area contributed by atoms with Gasteiger partial charge in [-0.25, -0.2) is 0 Å². The molecule has 0 saturated carbocycles. The summed E-state index contributed by atoms with van der Waals surface area (Å²) < 4.78 is 0. The first-order valence-corrected chi connectivity index (χ1v) is 5.56. The van der Waals surface area contributed by atoms with Crippen LogP contribution in [0.1, 0.15) is 47.5 Å². The number of carbonyl (C=O) groups excluding carboxylic acids is 2. The summed E-state index contributed by atoms with van der Waals surface area (Å²) in [6.45, 7) is 10.0. The highest BCUT2D eigenvalue weighted by Gasteiger charge is 2.28. The SMILES string of the molecule is CCNC(CCC(C)=O)C(=O)C(C)(C)C. The normalized spacial score (nSPS) is 13.7. The molecule has 1 unspecified atom stereocenters. The van der Waals surface area contributed by atoms with E-state index in [0.29, 0.717) is 12.8 Å². The lowest BCUT2D eigenvalue weighted by Crippen LogP contribution is -2.43. The third-order valence-corrected chi connectivity index (χ3v) is 2.29. The van der Waals surface area contributed by atoms with Crippen molar-refractivity contribution >= 4 is 11.6 Å². The fraction of sp³-hybridized carbons (Fsp3) is 0.833. The zero-order valence-corrected chi connectivity index (χ0v) is 10.5. The Hall–Kier alpha value is -0.700. The molecular weight excluding hydrogens is 190 g/mol. The van der Waals surface area contributed by atoms with E-state index in [1.165, 1.54) is 0 Å². The molecule has 1 N–H and O–H groups in total. The molecular formula is C12H23NO2. The van der Waals surface area contributed by atoms with Gasteiger partial charge in [0.15, 0.2) is 5.78 Å². The van der Waals surface area contributed by atoms with Gasteiger partial charge in [0.25, 0.3) is 0 Å². The number of hydrogen-bond acceptors (Lipinski definition) is 3. The van der Waals surface area contributed by atoms with E-state index in [1.807, 2.05) is 27.7 Å². The summed E-state index contributed by atoms with van der Waals surface area (Å²) in [5.74, 6) is 0.324.